The number of halogens is 1. The van der Waals surface area contributed by atoms with Crippen molar-refractivity contribution in [2.24, 2.45) is 0 Å². The van der Waals surface area contributed by atoms with Crippen molar-refractivity contribution in [3.63, 3.8) is 0 Å². The summed E-state index contributed by atoms with van der Waals surface area (Å²) in [6.07, 6.45) is -0.0351. The number of ether oxygens (including phenoxy) is 1. The minimum absolute atomic E-state index is 0.498. The first-order valence-electron chi connectivity index (χ1n) is 4.53. The molecule has 0 aromatic heterocycles. The van der Waals surface area contributed by atoms with E-state index in [0.29, 0.717) is 23.8 Å². The topological polar surface area (TPSA) is 29.5 Å². The third kappa shape index (κ3) is 1.76. The molecule has 0 amide bonds. The average molecular weight is 211 g/mol. The van der Waals surface area contributed by atoms with Crippen molar-refractivity contribution in [3.05, 3.63) is 46.7 Å². The highest BCUT2D eigenvalue weighted by molar-refractivity contribution is 6.30. The summed E-state index contributed by atoms with van der Waals surface area (Å²) >= 11 is 5.92. The van der Waals surface area contributed by atoms with Crippen molar-refractivity contribution in [1.82, 2.24) is 0 Å². The summed E-state index contributed by atoms with van der Waals surface area (Å²) in [4.78, 5) is 0. The summed E-state index contributed by atoms with van der Waals surface area (Å²) < 4.78 is 5.28. The number of aliphatic hydroxyl groups excluding tert-OH is 1. The van der Waals surface area contributed by atoms with E-state index in [0.717, 1.165) is 5.56 Å². The molecule has 3 heteroatoms. The zero-order chi connectivity index (χ0) is 9.97. The number of hydrogen-bond acceptors (Lipinski definition) is 2. The van der Waals surface area contributed by atoms with Crippen LogP contribution < -0.4 is 0 Å². The molecule has 0 saturated heterocycles. The Bertz CT molecular complexity index is 346. The van der Waals surface area contributed by atoms with Gasteiger partial charge in [-0.05, 0) is 5.56 Å². The summed E-state index contributed by atoms with van der Waals surface area (Å²) in [7, 11) is 0. The van der Waals surface area contributed by atoms with Gasteiger partial charge in [0.1, 0.15) is 11.9 Å². The summed E-state index contributed by atoms with van der Waals surface area (Å²) in [6, 6.07) is 9.36. The summed E-state index contributed by atoms with van der Waals surface area (Å²) in [5.41, 5.74) is 0.808. The number of benzene rings is 1. The largest absolute Gasteiger partial charge is 0.493 e. The Balaban J connectivity index is 2.24. The highest BCUT2D eigenvalue weighted by Crippen LogP contribution is 2.32. The molecule has 0 spiro atoms. The van der Waals surface area contributed by atoms with Crippen molar-refractivity contribution < 1.29 is 9.84 Å². The van der Waals surface area contributed by atoms with Crippen molar-refractivity contribution in [1.29, 1.82) is 0 Å². The maximum atomic E-state index is 9.92. The minimum Gasteiger partial charge on any atom is -0.493 e. The highest BCUT2D eigenvalue weighted by atomic mass is 35.5. The van der Waals surface area contributed by atoms with Gasteiger partial charge in [0, 0.05) is 6.42 Å². The third-order valence-corrected chi connectivity index (χ3v) is 2.59. The van der Waals surface area contributed by atoms with Crippen molar-refractivity contribution in [2.45, 2.75) is 12.5 Å². The smallest absolute Gasteiger partial charge is 0.144 e. The second kappa shape index (κ2) is 4.03. The van der Waals surface area contributed by atoms with Gasteiger partial charge in [0.15, 0.2) is 0 Å². The molecule has 1 aliphatic rings. The lowest BCUT2D eigenvalue weighted by atomic mass is 10.1. The SMILES string of the molecule is OC(C1=C(Cl)CCO1)c1ccccc1. The van der Waals surface area contributed by atoms with Gasteiger partial charge in [0.05, 0.1) is 11.6 Å². The van der Waals surface area contributed by atoms with Crippen LogP contribution in [0, 0.1) is 0 Å². The van der Waals surface area contributed by atoms with Gasteiger partial charge in [-0.1, -0.05) is 41.9 Å². The summed E-state index contributed by atoms with van der Waals surface area (Å²) in [6.45, 7) is 0.568. The highest BCUT2D eigenvalue weighted by Gasteiger charge is 2.22. The molecular formula is C11H11ClO2. The molecule has 1 aromatic rings. The Kier molecular flexibility index (Phi) is 2.75. The van der Waals surface area contributed by atoms with Crippen LogP contribution in [-0.4, -0.2) is 11.7 Å². The second-order valence-electron chi connectivity index (χ2n) is 3.18. The van der Waals surface area contributed by atoms with Crippen LogP contribution in [0.25, 0.3) is 0 Å². The van der Waals surface area contributed by atoms with Crippen LogP contribution in [0.4, 0.5) is 0 Å². The maximum Gasteiger partial charge on any atom is 0.144 e. The molecule has 2 rings (SSSR count). The predicted molar refractivity (Wildman–Crippen MR) is 54.8 cm³/mol. The van der Waals surface area contributed by atoms with Crippen LogP contribution >= 0.6 is 11.6 Å². The van der Waals surface area contributed by atoms with E-state index in [4.69, 9.17) is 16.3 Å². The molecule has 14 heavy (non-hydrogen) atoms. The lowest BCUT2D eigenvalue weighted by Crippen LogP contribution is -2.02. The Morgan fingerprint density at radius 3 is 2.57 bits per heavy atom. The number of aliphatic hydroxyl groups is 1. The quantitative estimate of drug-likeness (QED) is 0.813. The van der Waals surface area contributed by atoms with Gasteiger partial charge in [-0.3, -0.25) is 0 Å². The molecule has 1 aliphatic heterocycles. The van der Waals surface area contributed by atoms with E-state index < -0.39 is 6.10 Å². The molecular weight excluding hydrogens is 200 g/mol. The fraction of sp³-hybridized carbons (Fsp3) is 0.273. The first-order chi connectivity index (χ1) is 6.79. The fourth-order valence-corrected chi connectivity index (χ4v) is 1.70. The molecule has 0 bridgehead atoms. The molecule has 74 valence electrons. The van der Waals surface area contributed by atoms with E-state index in [1.165, 1.54) is 0 Å². The normalized spacial score (nSPS) is 18.1. The van der Waals surface area contributed by atoms with Crippen molar-refractivity contribution >= 4 is 11.6 Å². The van der Waals surface area contributed by atoms with Gasteiger partial charge >= 0.3 is 0 Å². The lowest BCUT2D eigenvalue weighted by Gasteiger charge is -2.12. The van der Waals surface area contributed by atoms with Crippen LogP contribution in [0.15, 0.2) is 41.1 Å². The van der Waals surface area contributed by atoms with Crippen LogP contribution in [0.1, 0.15) is 18.1 Å². The molecule has 1 unspecified atom stereocenters. The molecule has 0 aliphatic carbocycles. The monoisotopic (exact) mass is 210 g/mol. The van der Waals surface area contributed by atoms with E-state index in [9.17, 15) is 5.11 Å². The first kappa shape index (κ1) is 9.56. The van der Waals surface area contributed by atoms with Gasteiger partial charge in [-0.15, -0.1) is 0 Å². The zero-order valence-electron chi connectivity index (χ0n) is 7.61. The van der Waals surface area contributed by atoms with Gasteiger partial charge < -0.3 is 9.84 Å². The van der Waals surface area contributed by atoms with Crippen LogP contribution in [-0.2, 0) is 4.74 Å². The first-order valence-corrected chi connectivity index (χ1v) is 4.91. The lowest BCUT2D eigenvalue weighted by molar-refractivity contribution is 0.118. The molecule has 1 heterocycles. The van der Waals surface area contributed by atoms with E-state index in [1.54, 1.807) is 0 Å². The van der Waals surface area contributed by atoms with Gasteiger partial charge in [-0.2, -0.15) is 0 Å². The molecule has 0 radical (unpaired) electrons. The van der Waals surface area contributed by atoms with Crippen LogP contribution in [0.2, 0.25) is 0 Å². The molecule has 1 N–H and O–H groups in total. The van der Waals surface area contributed by atoms with Gasteiger partial charge in [-0.25, -0.2) is 0 Å². The minimum atomic E-state index is -0.730. The Morgan fingerprint density at radius 1 is 1.29 bits per heavy atom. The molecule has 1 atom stereocenters. The maximum absolute atomic E-state index is 9.92. The van der Waals surface area contributed by atoms with Crippen LogP contribution in [0.5, 0.6) is 0 Å². The number of hydrogen-bond donors (Lipinski definition) is 1. The third-order valence-electron chi connectivity index (χ3n) is 2.21. The predicted octanol–water partition coefficient (Wildman–Crippen LogP) is 2.59. The second-order valence-corrected chi connectivity index (χ2v) is 3.64. The van der Waals surface area contributed by atoms with Gasteiger partial charge in [0.2, 0.25) is 0 Å². The summed E-state index contributed by atoms with van der Waals surface area (Å²) in [5.74, 6) is 0.498. The van der Waals surface area contributed by atoms with E-state index >= 15 is 0 Å². The van der Waals surface area contributed by atoms with E-state index in [-0.39, 0.29) is 0 Å². The molecule has 2 nitrogen and oxygen atoms in total. The van der Waals surface area contributed by atoms with Crippen molar-refractivity contribution in [2.75, 3.05) is 6.61 Å². The van der Waals surface area contributed by atoms with E-state index in [1.807, 2.05) is 30.3 Å². The molecule has 0 fully saturated rings. The van der Waals surface area contributed by atoms with Crippen LogP contribution in [0.3, 0.4) is 0 Å². The molecule has 0 saturated carbocycles. The molecule has 1 aromatic carbocycles. The van der Waals surface area contributed by atoms with Gasteiger partial charge in [0.25, 0.3) is 0 Å². The summed E-state index contributed by atoms with van der Waals surface area (Å²) in [5, 5.41) is 10.5. The Hall–Kier alpha value is -0.990. The van der Waals surface area contributed by atoms with E-state index in [2.05, 4.69) is 0 Å². The Labute approximate surface area is 87.8 Å². The number of rotatable bonds is 2. The average Bonchev–Trinajstić information content (AvgIpc) is 2.65. The Morgan fingerprint density at radius 2 is 2.00 bits per heavy atom. The zero-order valence-corrected chi connectivity index (χ0v) is 8.37. The van der Waals surface area contributed by atoms with Crippen molar-refractivity contribution in [3.8, 4) is 0 Å². The fourth-order valence-electron chi connectivity index (χ4n) is 1.47. The standard InChI is InChI=1S/C11H11ClO2/c12-9-6-7-14-11(9)10(13)8-4-2-1-3-5-8/h1-5,10,13H,6-7H2.